The summed E-state index contributed by atoms with van der Waals surface area (Å²) in [6.07, 6.45) is 4.93. The van der Waals surface area contributed by atoms with Crippen LogP contribution in [0.2, 0.25) is 0 Å². The highest BCUT2D eigenvalue weighted by atomic mass is 16.5. The molecule has 2 unspecified atom stereocenters. The van der Waals surface area contributed by atoms with Gasteiger partial charge in [0.05, 0.1) is 13.2 Å². The van der Waals surface area contributed by atoms with Gasteiger partial charge in [-0.3, -0.25) is 0 Å². The highest BCUT2D eigenvalue weighted by Crippen LogP contribution is 2.29. The molecule has 0 aromatic rings. The fourth-order valence-electron chi connectivity index (χ4n) is 2.13. The van der Waals surface area contributed by atoms with Gasteiger partial charge >= 0.3 is 0 Å². The molecule has 1 rings (SSSR count). The Balaban J connectivity index is 2.22. The van der Waals surface area contributed by atoms with E-state index in [1.54, 1.807) is 0 Å². The standard InChI is InChI=1S/C12H22O2/c1-10(2)8-14-9-12-6-4-3-5-11(12)7-13/h11-13H,1,3-9H2,2H3. The van der Waals surface area contributed by atoms with E-state index in [9.17, 15) is 5.11 Å². The van der Waals surface area contributed by atoms with Crippen molar-refractivity contribution in [3.05, 3.63) is 12.2 Å². The van der Waals surface area contributed by atoms with Crippen LogP contribution in [0.5, 0.6) is 0 Å². The average Bonchev–Trinajstić information content (AvgIpc) is 2.18. The molecule has 82 valence electrons. The fourth-order valence-corrected chi connectivity index (χ4v) is 2.13. The zero-order valence-corrected chi connectivity index (χ0v) is 9.17. The van der Waals surface area contributed by atoms with Gasteiger partial charge in [0.1, 0.15) is 0 Å². The Morgan fingerprint density at radius 1 is 1.36 bits per heavy atom. The molecular formula is C12H22O2. The molecule has 2 heteroatoms. The normalized spacial score (nSPS) is 27.6. The second-order valence-corrected chi connectivity index (χ2v) is 4.46. The molecule has 0 aromatic heterocycles. The van der Waals surface area contributed by atoms with Gasteiger partial charge in [0.25, 0.3) is 0 Å². The molecule has 1 saturated carbocycles. The van der Waals surface area contributed by atoms with E-state index in [1.807, 2.05) is 6.92 Å². The zero-order valence-electron chi connectivity index (χ0n) is 9.17. The van der Waals surface area contributed by atoms with Crippen LogP contribution in [0.3, 0.4) is 0 Å². The van der Waals surface area contributed by atoms with Crippen molar-refractivity contribution in [2.45, 2.75) is 32.6 Å². The van der Waals surface area contributed by atoms with Crippen molar-refractivity contribution < 1.29 is 9.84 Å². The molecule has 1 aliphatic carbocycles. The van der Waals surface area contributed by atoms with Crippen molar-refractivity contribution in [2.24, 2.45) is 11.8 Å². The van der Waals surface area contributed by atoms with Crippen LogP contribution in [0.15, 0.2) is 12.2 Å². The quantitative estimate of drug-likeness (QED) is 0.687. The van der Waals surface area contributed by atoms with E-state index in [0.717, 1.165) is 18.6 Å². The van der Waals surface area contributed by atoms with Crippen LogP contribution in [0.25, 0.3) is 0 Å². The van der Waals surface area contributed by atoms with Crippen LogP contribution in [0.4, 0.5) is 0 Å². The summed E-state index contributed by atoms with van der Waals surface area (Å²) in [5, 5.41) is 9.20. The van der Waals surface area contributed by atoms with Gasteiger partial charge in [0.15, 0.2) is 0 Å². The first-order valence-electron chi connectivity index (χ1n) is 5.57. The van der Waals surface area contributed by atoms with E-state index < -0.39 is 0 Å². The summed E-state index contributed by atoms with van der Waals surface area (Å²) in [6, 6.07) is 0. The van der Waals surface area contributed by atoms with Gasteiger partial charge in [0, 0.05) is 6.61 Å². The number of hydrogen-bond acceptors (Lipinski definition) is 2. The Hall–Kier alpha value is -0.340. The third-order valence-electron chi connectivity index (χ3n) is 2.98. The Kier molecular flexibility index (Phi) is 5.20. The molecule has 0 bridgehead atoms. The van der Waals surface area contributed by atoms with E-state index in [-0.39, 0.29) is 0 Å². The van der Waals surface area contributed by atoms with E-state index in [2.05, 4.69) is 6.58 Å². The van der Waals surface area contributed by atoms with Crippen molar-refractivity contribution in [3.8, 4) is 0 Å². The van der Waals surface area contributed by atoms with E-state index in [0.29, 0.717) is 25.0 Å². The summed E-state index contributed by atoms with van der Waals surface area (Å²) in [6.45, 7) is 7.55. The Bertz CT molecular complexity index is 177. The molecule has 0 amide bonds. The Morgan fingerprint density at radius 3 is 2.57 bits per heavy atom. The maximum absolute atomic E-state index is 9.20. The lowest BCUT2D eigenvalue weighted by atomic mass is 9.80. The minimum absolute atomic E-state index is 0.321. The third kappa shape index (κ3) is 3.81. The number of aliphatic hydroxyl groups excluding tert-OH is 1. The third-order valence-corrected chi connectivity index (χ3v) is 2.98. The highest BCUT2D eigenvalue weighted by Gasteiger charge is 2.24. The second kappa shape index (κ2) is 6.20. The van der Waals surface area contributed by atoms with Crippen LogP contribution in [-0.4, -0.2) is 24.9 Å². The molecule has 2 atom stereocenters. The van der Waals surface area contributed by atoms with Crippen LogP contribution in [0.1, 0.15) is 32.6 Å². The largest absolute Gasteiger partial charge is 0.396 e. The topological polar surface area (TPSA) is 29.5 Å². The number of aliphatic hydroxyl groups is 1. The SMILES string of the molecule is C=C(C)COCC1CCCCC1CO. The molecule has 1 aliphatic rings. The van der Waals surface area contributed by atoms with Crippen molar-refractivity contribution in [3.63, 3.8) is 0 Å². The molecule has 0 heterocycles. The van der Waals surface area contributed by atoms with Crippen LogP contribution < -0.4 is 0 Å². The van der Waals surface area contributed by atoms with Gasteiger partial charge in [-0.2, -0.15) is 0 Å². The highest BCUT2D eigenvalue weighted by molar-refractivity contribution is 4.87. The first kappa shape index (κ1) is 11.7. The second-order valence-electron chi connectivity index (χ2n) is 4.46. The monoisotopic (exact) mass is 198 g/mol. The lowest BCUT2D eigenvalue weighted by molar-refractivity contribution is 0.0477. The van der Waals surface area contributed by atoms with Gasteiger partial charge in [-0.15, -0.1) is 0 Å². The Labute approximate surface area is 87.0 Å². The smallest absolute Gasteiger partial charge is 0.0671 e. The summed E-state index contributed by atoms with van der Waals surface area (Å²) in [5.74, 6) is 1.03. The van der Waals surface area contributed by atoms with E-state index in [1.165, 1.54) is 19.3 Å². The molecule has 0 aromatic carbocycles. The molecule has 1 N–H and O–H groups in total. The molecule has 0 radical (unpaired) electrons. The van der Waals surface area contributed by atoms with Crippen molar-refractivity contribution in [1.82, 2.24) is 0 Å². The summed E-state index contributed by atoms with van der Waals surface area (Å²) < 4.78 is 5.56. The maximum Gasteiger partial charge on any atom is 0.0671 e. The number of rotatable bonds is 5. The molecule has 14 heavy (non-hydrogen) atoms. The summed E-state index contributed by atoms with van der Waals surface area (Å²) in [7, 11) is 0. The summed E-state index contributed by atoms with van der Waals surface area (Å²) in [5.41, 5.74) is 1.07. The van der Waals surface area contributed by atoms with Crippen molar-refractivity contribution in [1.29, 1.82) is 0 Å². The van der Waals surface area contributed by atoms with Gasteiger partial charge < -0.3 is 9.84 Å². The molecule has 0 spiro atoms. The molecule has 2 nitrogen and oxygen atoms in total. The van der Waals surface area contributed by atoms with Gasteiger partial charge in [-0.25, -0.2) is 0 Å². The molecule has 1 fully saturated rings. The number of hydrogen-bond donors (Lipinski definition) is 1. The minimum atomic E-state index is 0.321. The average molecular weight is 198 g/mol. The molecule has 0 saturated heterocycles. The first-order chi connectivity index (χ1) is 6.74. The van der Waals surface area contributed by atoms with Gasteiger partial charge in [-0.1, -0.05) is 25.0 Å². The zero-order chi connectivity index (χ0) is 10.4. The Morgan fingerprint density at radius 2 is 2.00 bits per heavy atom. The summed E-state index contributed by atoms with van der Waals surface area (Å²) in [4.78, 5) is 0. The van der Waals surface area contributed by atoms with Crippen molar-refractivity contribution in [2.75, 3.05) is 19.8 Å². The lowest BCUT2D eigenvalue weighted by Crippen LogP contribution is -2.26. The van der Waals surface area contributed by atoms with Gasteiger partial charge in [-0.05, 0) is 31.6 Å². The van der Waals surface area contributed by atoms with Crippen LogP contribution in [-0.2, 0) is 4.74 Å². The first-order valence-corrected chi connectivity index (χ1v) is 5.57. The van der Waals surface area contributed by atoms with E-state index >= 15 is 0 Å². The number of ether oxygens (including phenoxy) is 1. The van der Waals surface area contributed by atoms with Crippen molar-refractivity contribution >= 4 is 0 Å². The fraction of sp³-hybridized carbons (Fsp3) is 0.833. The van der Waals surface area contributed by atoms with E-state index in [4.69, 9.17) is 4.74 Å². The van der Waals surface area contributed by atoms with Gasteiger partial charge in [0.2, 0.25) is 0 Å². The lowest BCUT2D eigenvalue weighted by Gasteiger charge is -2.29. The van der Waals surface area contributed by atoms with Crippen LogP contribution in [0, 0.1) is 11.8 Å². The predicted octanol–water partition coefficient (Wildman–Crippen LogP) is 2.38. The molecular weight excluding hydrogens is 176 g/mol. The maximum atomic E-state index is 9.20. The molecule has 0 aliphatic heterocycles. The predicted molar refractivity (Wildman–Crippen MR) is 58.2 cm³/mol. The van der Waals surface area contributed by atoms with Crippen LogP contribution >= 0.6 is 0 Å². The summed E-state index contributed by atoms with van der Waals surface area (Å²) >= 11 is 0. The minimum Gasteiger partial charge on any atom is -0.396 e.